The molecule has 0 saturated heterocycles. The standard InChI is InChI=1S/C52H41N/c1-5-17-34(6-2)37-18-11-16-27-50(37)53(35-28-30-42-38-19-7-12-23-44(38)51(3,4)48(42)32-35)36-29-31-43-41-22-10-15-26-47(41)52(49(43)33-36)45-24-13-8-20-39(45)40-21-9-14-25-46(40)52/h5-33H,1-4H3/b17-5-,34-6+. The third-order valence-corrected chi connectivity index (χ3v) is 12.2. The van der Waals surface area contributed by atoms with Gasteiger partial charge in [0.25, 0.3) is 0 Å². The topological polar surface area (TPSA) is 3.24 Å². The van der Waals surface area contributed by atoms with Crippen LogP contribution in [0.15, 0.2) is 176 Å². The van der Waals surface area contributed by atoms with E-state index in [-0.39, 0.29) is 5.41 Å². The fourth-order valence-corrected chi connectivity index (χ4v) is 9.91. The van der Waals surface area contributed by atoms with E-state index in [1.807, 2.05) is 0 Å². The largest absolute Gasteiger partial charge is 0.310 e. The van der Waals surface area contributed by atoms with Crippen molar-refractivity contribution < 1.29 is 0 Å². The molecule has 0 bridgehead atoms. The van der Waals surface area contributed by atoms with Gasteiger partial charge in [-0.2, -0.15) is 0 Å². The molecule has 0 amide bonds. The Balaban J connectivity index is 1.26. The van der Waals surface area contributed by atoms with Crippen molar-refractivity contribution >= 4 is 22.6 Å². The van der Waals surface area contributed by atoms with Crippen molar-refractivity contribution in [1.82, 2.24) is 0 Å². The predicted octanol–water partition coefficient (Wildman–Crippen LogP) is 13.8. The van der Waals surface area contributed by atoms with Crippen LogP contribution in [0.25, 0.3) is 39.0 Å². The zero-order chi connectivity index (χ0) is 35.9. The van der Waals surface area contributed by atoms with Gasteiger partial charge in [0.1, 0.15) is 0 Å². The summed E-state index contributed by atoms with van der Waals surface area (Å²) in [7, 11) is 0. The van der Waals surface area contributed by atoms with Crippen LogP contribution in [-0.2, 0) is 10.8 Å². The minimum atomic E-state index is -0.415. The van der Waals surface area contributed by atoms with Crippen molar-refractivity contribution in [3.8, 4) is 33.4 Å². The molecule has 1 heteroatoms. The lowest BCUT2D eigenvalue weighted by molar-refractivity contribution is 0.660. The number of allylic oxidation sites excluding steroid dienone is 4. The van der Waals surface area contributed by atoms with E-state index in [4.69, 9.17) is 0 Å². The van der Waals surface area contributed by atoms with Crippen molar-refractivity contribution in [2.75, 3.05) is 4.90 Å². The number of hydrogen-bond acceptors (Lipinski definition) is 1. The Morgan fingerprint density at radius 1 is 0.453 bits per heavy atom. The lowest BCUT2D eigenvalue weighted by atomic mass is 9.70. The van der Waals surface area contributed by atoms with Crippen molar-refractivity contribution in [2.24, 2.45) is 0 Å². The number of para-hydroxylation sites is 1. The second-order valence-corrected chi connectivity index (χ2v) is 15.1. The SMILES string of the molecule is C/C=C\C(=C/C)c1ccccc1N(c1ccc2c(c1)C(C)(C)c1ccccc1-2)c1ccc2c(c1)C1(c3ccccc3-c3ccccc31)c1ccccc1-2. The van der Waals surface area contributed by atoms with E-state index in [1.165, 1.54) is 77.9 Å². The van der Waals surface area contributed by atoms with Crippen LogP contribution < -0.4 is 4.90 Å². The van der Waals surface area contributed by atoms with Crippen LogP contribution in [0.4, 0.5) is 17.1 Å². The van der Waals surface area contributed by atoms with Crippen LogP contribution in [0.5, 0.6) is 0 Å². The molecule has 1 nitrogen and oxygen atoms in total. The van der Waals surface area contributed by atoms with Gasteiger partial charge in [-0.3, -0.25) is 0 Å². The molecule has 53 heavy (non-hydrogen) atoms. The first-order chi connectivity index (χ1) is 26.0. The van der Waals surface area contributed by atoms with Gasteiger partial charge in [0.15, 0.2) is 0 Å². The maximum Gasteiger partial charge on any atom is 0.0726 e. The van der Waals surface area contributed by atoms with Crippen molar-refractivity contribution in [1.29, 1.82) is 0 Å². The molecule has 0 aliphatic heterocycles. The second kappa shape index (κ2) is 11.7. The number of benzene rings is 7. The molecule has 3 aliphatic rings. The number of rotatable bonds is 5. The number of anilines is 3. The Hall–Kier alpha value is -6.18. The number of hydrogen-bond donors (Lipinski definition) is 0. The average molecular weight is 680 g/mol. The smallest absolute Gasteiger partial charge is 0.0726 e. The molecule has 254 valence electrons. The lowest BCUT2D eigenvalue weighted by Crippen LogP contribution is -2.26. The van der Waals surface area contributed by atoms with Gasteiger partial charge in [-0.15, -0.1) is 0 Å². The van der Waals surface area contributed by atoms with E-state index in [0.717, 1.165) is 17.1 Å². The molecule has 0 N–H and O–H groups in total. The summed E-state index contributed by atoms with van der Waals surface area (Å²) in [4.78, 5) is 2.51. The highest BCUT2D eigenvalue weighted by Gasteiger charge is 2.51. The number of nitrogens with zero attached hydrogens (tertiary/aromatic N) is 1. The Morgan fingerprint density at radius 2 is 0.887 bits per heavy atom. The van der Waals surface area contributed by atoms with E-state index in [0.29, 0.717) is 0 Å². The molecule has 3 aliphatic carbocycles. The molecule has 0 saturated carbocycles. The third-order valence-electron chi connectivity index (χ3n) is 12.2. The van der Waals surface area contributed by atoms with Gasteiger partial charge in [-0.05, 0) is 117 Å². The van der Waals surface area contributed by atoms with E-state index in [2.05, 4.69) is 209 Å². The Bertz CT molecular complexity index is 2620. The molecule has 0 atom stereocenters. The highest BCUT2D eigenvalue weighted by Crippen LogP contribution is 2.63. The summed E-state index contributed by atoms with van der Waals surface area (Å²) < 4.78 is 0. The highest BCUT2D eigenvalue weighted by atomic mass is 15.1. The molecule has 0 radical (unpaired) electrons. The van der Waals surface area contributed by atoms with Gasteiger partial charge in [0.2, 0.25) is 0 Å². The van der Waals surface area contributed by atoms with Crippen LogP contribution in [0.2, 0.25) is 0 Å². The molecule has 0 heterocycles. The third kappa shape index (κ3) is 4.25. The first-order valence-electron chi connectivity index (χ1n) is 18.8. The first kappa shape index (κ1) is 31.5. The minimum absolute atomic E-state index is 0.118. The summed E-state index contributed by atoms with van der Waals surface area (Å²) in [5.74, 6) is 0. The van der Waals surface area contributed by atoms with Gasteiger partial charge < -0.3 is 4.90 Å². The van der Waals surface area contributed by atoms with Crippen molar-refractivity contribution in [3.63, 3.8) is 0 Å². The molecule has 1 spiro atoms. The van der Waals surface area contributed by atoms with Crippen LogP contribution in [0, 0.1) is 0 Å². The average Bonchev–Trinajstić information content (AvgIpc) is 3.76. The van der Waals surface area contributed by atoms with Crippen LogP contribution in [0.1, 0.15) is 66.6 Å². The molecular weight excluding hydrogens is 639 g/mol. The van der Waals surface area contributed by atoms with Crippen molar-refractivity contribution in [2.45, 2.75) is 38.5 Å². The van der Waals surface area contributed by atoms with Gasteiger partial charge in [0, 0.05) is 22.4 Å². The van der Waals surface area contributed by atoms with Crippen LogP contribution in [0.3, 0.4) is 0 Å². The van der Waals surface area contributed by atoms with Gasteiger partial charge in [-0.1, -0.05) is 159 Å². The zero-order valence-corrected chi connectivity index (χ0v) is 30.7. The molecule has 0 fully saturated rings. The summed E-state index contributed by atoms with van der Waals surface area (Å²) in [5.41, 5.74) is 21.4. The van der Waals surface area contributed by atoms with Crippen LogP contribution >= 0.6 is 0 Å². The first-order valence-corrected chi connectivity index (χ1v) is 18.8. The fraction of sp³-hybridized carbons (Fsp3) is 0.115. The van der Waals surface area contributed by atoms with E-state index < -0.39 is 5.41 Å². The summed E-state index contributed by atoms with van der Waals surface area (Å²) in [5, 5.41) is 0. The Kier molecular flexibility index (Phi) is 6.94. The van der Waals surface area contributed by atoms with Gasteiger partial charge in [-0.25, -0.2) is 0 Å². The molecule has 10 rings (SSSR count). The van der Waals surface area contributed by atoms with E-state index >= 15 is 0 Å². The minimum Gasteiger partial charge on any atom is -0.310 e. The Morgan fingerprint density at radius 3 is 1.43 bits per heavy atom. The van der Waals surface area contributed by atoms with Gasteiger partial charge >= 0.3 is 0 Å². The Labute approximate surface area is 313 Å². The van der Waals surface area contributed by atoms with Gasteiger partial charge in [0.05, 0.1) is 11.1 Å². The van der Waals surface area contributed by atoms with Crippen molar-refractivity contribution in [3.05, 3.63) is 215 Å². The molecule has 0 aromatic heterocycles. The summed E-state index contributed by atoms with van der Waals surface area (Å²) >= 11 is 0. The highest BCUT2D eigenvalue weighted by molar-refractivity contribution is 5.97. The van der Waals surface area contributed by atoms with E-state index in [1.54, 1.807) is 0 Å². The van der Waals surface area contributed by atoms with Crippen LogP contribution in [-0.4, -0.2) is 0 Å². The summed E-state index contributed by atoms with van der Waals surface area (Å²) in [6.07, 6.45) is 6.58. The maximum absolute atomic E-state index is 2.51. The monoisotopic (exact) mass is 679 g/mol. The summed E-state index contributed by atoms with van der Waals surface area (Å²) in [6, 6.07) is 59.4. The second-order valence-electron chi connectivity index (χ2n) is 15.1. The number of fused-ring (bicyclic) bond motifs is 13. The molecule has 7 aromatic carbocycles. The van der Waals surface area contributed by atoms with E-state index in [9.17, 15) is 0 Å². The quantitative estimate of drug-likeness (QED) is 0.164. The fourth-order valence-electron chi connectivity index (χ4n) is 9.91. The zero-order valence-electron chi connectivity index (χ0n) is 30.7. The predicted molar refractivity (Wildman–Crippen MR) is 223 cm³/mol. The summed E-state index contributed by atoms with van der Waals surface area (Å²) in [6.45, 7) is 8.97. The normalized spacial score (nSPS) is 15.1. The lowest BCUT2D eigenvalue weighted by Gasteiger charge is -2.33. The maximum atomic E-state index is 2.51. The molecule has 0 unspecified atom stereocenters. The molecular formula is C52H41N. The molecule has 7 aromatic rings.